The predicted molar refractivity (Wildman–Crippen MR) is 90.8 cm³/mol. The van der Waals surface area contributed by atoms with Crippen molar-refractivity contribution in [3.8, 4) is 0 Å². The Morgan fingerprint density at radius 3 is 2.29 bits per heavy atom. The molecule has 1 atom stereocenters. The van der Waals surface area contributed by atoms with Gasteiger partial charge in [-0.25, -0.2) is 4.39 Å². The van der Waals surface area contributed by atoms with Crippen molar-refractivity contribution in [3.63, 3.8) is 0 Å². The van der Waals surface area contributed by atoms with Crippen LogP contribution in [0.15, 0.2) is 59.1 Å². The first-order valence-electron chi connectivity index (χ1n) is 6.34. The maximum atomic E-state index is 14.1. The zero-order valence-corrected chi connectivity index (χ0v) is 13.9. The lowest BCUT2D eigenvalue weighted by atomic mass is 9.97. The van der Waals surface area contributed by atoms with E-state index in [1.54, 1.807) is 18.2 Å². The van der Waals surface area contributed by atoms with Gasteiger partial charge in [-0.05, 0) is 29.1 Å². The Morgan fingerprint density at radius 2 is 1.57 bits per heavy atom. The van der Waals surface area contributed by atoms with Gasteiger partial charge in [0.05, 0.1) is 5.38 Å². The normalized spacial score (nSPS) is 12.6. The minimum atomic E-state index is -0.569. The molecule has 3 rings (SSSR count). The van der Waals surface area contributed by atoms with Gasteiger partial charge in [-0.15, -0.1) is 11.6 Å². The Hall–Kier alpha value is -1.09. The van der Waals surface area contributed by atoms with E-state index >= 15 is 0 Å². The van der Waals surface area contributed by atoms with Crippen LogP contribution in [0.5, 0.6) is 0 Å². The molecule has 0 saturated heterocycles. The van der Waals surface area contributed by atoms with Crippen LogP contribution < -0.4 is 0 Å². The lowest BCUT2D eigenvalue weighted by Gasteiger charge is -2.15. The van der Waals surface area contributed by atoms with Crippen LogP contribution in [-0.4, -0.2) is 0 Å². The highest BCUT2D eigenvalue weighted by Gasteiger charge is 2.18. The van der Waals surface area contributed by atoms with E-state index in [1.807, 2.05) is 30.3 Å². The Morgan fingerprint density at radius 1 is 0.905 bits per heavy atom. The van der Waals surface area contributed by atoms with Crippen molar-refractivity contribution >= 4 is 49.9 Å². The number of fused-ring (bicyclic) bond motifs is 1. The van der Waals surface area contributed by atoms with Gasteiger partial charge in [0, 0.05) is 20.4 Å². The van der Waals surface area contributed by atoms with Gasteiger partial charge < -0.3 is 0 Å². The first-order valence-corrected chi connectivity index (χ1v) is 7.95. The second-order valence-electron chi connectivity index (χ2n) is 4.71. The van der Waals surface area contributed by atoms with Crippen LogP contribution >= 0.6 is 39.1 Å². The molecule has 21 heavy (non-hydrogen) atoms. The second-order valence-corrected chi connectivity index (χ2v) is 6.47. The molecule has 0 N–H and O–H groups in total. The monoisotopic (exact) mass is 382 g/mol. The third kappa shape index (κ3) is 2.80. The summed E-state index contributed by atoms with van der Waals surface area (Å²) in [6, 6.07) is 16.3. The quantitative estimate of drug-likeness (QED) is 0.430. The zero-order valence-electron chi connectivity index (χ0n) is 10.8. The standard InChI is InChI=1S/C17H10BrCl2F/c18-10-5-6-14(16(21)9-10)17(20)13-7-8-15(19)12-4-2-1-3-11(12)13/h1-9,17H. The van der Waals surface area contributed by atoms with Crippen molar-refractivity contribution < 1.29 is 4.39 Å². The van der Waals surface area contributed by atoms with E-state index in [2.05, 4.69) is 15.9 Å². The molecule has 0 fully saturated rings. The molecule has 106 valence electrons. The van der Waals surface area contributed by atoms with Gasteiger partial charge in [0.15, 0.2) is 0 Å². The van der Waals surface area contributed by atoms with Crippen molar-refractivity contribution in [3.05, 3.63) is 81.0 Å². The summed E-state index contributed by atoms with van der Waals surface area (Å²) in [6.45, 7) is 0. The van der Waals surface area contributed by atoms with Crippen molar-refractivity contribution in [1.29, 1.82) is 0 Å². The molecule has 0 aliphatic carbocycles. The van der Waals surface area contributed by atoms with E-state index in [0.717, 1.165) is 16.3 Å². The van der Waals surface area contributed by atoms with Gasteiger partial charge in [0.2, 0.25) is 0 Å². The smallest absolute Gasteiger partial charge is 0.129 e. The molecule has 0 aliphatic heterocycles. The van der Waals surface area contributed by atoms with Crippen molar-refractivity contribution in [1.82, 2.24) is 0 Å². The third-order valence-corrected chi connectivity index (χ3v) is 4.71. The van der Waals surface area contributed by atoms with Crippen LogP contribution in [0, 0.1) is 5.82 Å². The Labute approximate surface area is 140 Å². The fourth-order valence-electron chi connectivity index (χ4n) is 2.38. The molecule has 0 radical (unpaired) electrons. The van der Waals surface area contributed by atoms with E-state index in [1.165, 1.54) is 6.07 Å². The maximum absolute atomic E-state index is 14.1. The number of hydrogen-bond donors (Lipinski definition) is 0. The largest absolute Gasteiger partial charge is 0.207 e. The van der Waals surface area contributed by atoms with Crippen LogP contribution in [0.1, 0.15) is 16.5 Å². The molecule has 3 aromatic carbocycles. The molecular weight excluding hydrogens is 374 g/mol. The third-order valence-electron chi connectivity index (χ3n) is 3.41. The Kier molecular flexibility index (Phi) is 4.21. The maximum Gasteiger partial charge on any atom is 0.129 e. The first kappa shape index (κ1) is 14.8. The van der Waals surface area contributed by atoms with Crippen LogP contribution in [0.4, 0.5) is 4.39 Å². The minimum Gasteiger partial charge on any atom is -0.207 e. The highest BCUT2D eigenvalue weighted by molar-refractivity contribution is 9.10. The molecule has 0 bridgehead atoms. The van der Waals surface area contributed by atoms with Crippen LogP contribution in [-0.2, 0) is 0 Å². The van der Waals surface area contributed by atoms with Gasteiger partial charge in [0.25, 0.3) is 0 Å². The van der Waals surface area contributed by atoms with Crippen molar-refractivity contribution in [2.75, 3.05) is 0 Å². The van der Waals surface area contributed by atoms with Gasteiger partial charge in [0.1, 0.15) is 5.82 Å². The lowest BCUT2D eigenvalue weighted by Crippen LogP contribution is -1.98. The molecule has 0 nitrogen and oxygen atoms in total. The van der Waals surface area contributed by atoms with Crippen LogP contribution in [0.3, 0.4) is 0 Å². The van der Waals surface area contributed by atoms with Crippen molar-refractivity contribution in [2.45, 2.75) is 5.38 Å². The molecule has 0 amide bonds. The van der Waals surface area contributed by atoms with Gasteiger partial charge >= 0.3 is 0 Å². The average Bonchev–Trinajstić information content (AvgIpc) is 2.47. The summed E-state index contributed by atoms with van der Waals surface area (Å²) in [5, 5.41) is 1.95. The van der Waals surface area contributed by atoms with Crippen LogP contribution in [0.25, 0.3) is 10.8 Å². The number of halogens is 4. The van der Waals surface area contributed by atoms with E-state index in [9.17, 15) is 4.39 Å². The molecule has 0 aliphatic rings. The van der Waals surface area contributed by atoms with E-state index in [4.69, 9.17) is 23.2 Å². The number of hydrogen-bond acceptors (Lipinski definition) is 0. The molecule has 3 aromatic rings. The average molecular weight is 384 g/mol. The number of rotatable bonds is 2. The summed E-state index contributed by atoms with van der Waals surface area (Å²) in [4.78, 5) is 0. The Bertz CT molecular complexity index is 817. The number of benzene rings is 3. The molecule has 0 spiro atoms. The van der Waals surface area contributed by atoms with E-state index < -0.39 is 5.38 Å². The molecule has 0 saturated carbocycles. The van der Waals surface area contributed by atoms with E-state index in [0.29, 0.717) is 15.1 Å². The number of alkyl halides is 1. The summed E-state index contributed by atoms with van der Waals surface area (Å²) in [5.41, 5.74) is 1.30. The summed E-state index contributed by atoms with van der Waals surface area (Å²) >= 11 is 16.0. The predicted octanol–water partition coefficient (Wildman–Crippen LogP) is 6.72. The molecule has 0 aromatic heterocycles. The van der Waals surface area contributed by atoms with Gasteiger partial charge in [-0.2, -0.15) is 0 Å². The minimum absolute atomic E-state index is 0.330. The highest BCUT2D eigenvalue weighted by atomic mass is 79.9. The zero-order chi connectivity index (χ0) is 15.0. The molecular formula is C17H10BrCl2F. The summed E-state index contributed by atoms with van der Waals surface area (Å²) in [5.74, 6) is -0.330. The first-order chi connectivity index (χ1) is 10.1. The van der Waals surface area contributed by atoms with Gasteiger partial charge in [-0.3, -0.25) is 0 Å². The molecule has 1 unspecified atom stereocenters. The second kappa shape index (κ2) is 5.96. The molecule has 4 heteroatoms. The van der Waals surface area contributed by atoms with Gasteiger partial charge in [-0.1, -0.05) is 63.9 Å². The summed E-state index contributed by atoms with van der Waals surface area (Å²) in [6.07, 6.45) is 0. The van der Waals surface area contributed by atoms with E-state index in [-0.39, 0.29) is 5.82 Å². The fraction of sp³-hybridized carbons (Fsp3) is 0.0588. The highest BCUT2D eigenvalue weighted by Crippen LogP contribution is 2.37. The topological polar surface area (TPSA) is 0 Å². The Balaban J connectivity index is 2.18. The fourth-order valence-corrected chi connectivity index (χ4v) is 3.31. The SMILES string of the molecule is Fc1cc(Br)ccc1C(Cl)c1ccc(Cl)c2ccccc12. The summed E-state index contributed by atoms with van der Waals surface area (Å²) < 4.78 is 14.8. The molecule has 0 heterocycles. The van der Waals surface area contributed by atoms with Crippen molar-refractivity contribution in [2.24, 2.45) is 0 Å². The van der Waals surface area contributed by atoms with Crippen LogP contribution in [0.2, 0.25) is 5.02 Å². The summed E-state index contributed by atoms with van der Waals surface area (Å²) in [7, 11) is 0. The lowest BCUT2D eigenvalue weighted by molar-refractivity contribution is 0.611.